The first-order valence-corrected chi connectivity index (χ1v) is 9.60. The monoisotopic (exact) mass is 373 g/mol. The lowest BCUT2D eigenvalue weighted by molar-refractivity contribution is -0.117. The highest BCUT2D eigenvalue weighted by atomic mass is 32.2. The molecule has 2 N–H and O–H groups in total. The van der Waals surface area contributed by atoms with Gasteiger partial charge in [0.2, 0.25) is 11.8 Å². The van der Waals surface area contributed by atoms with Crippen molar-refractivity contribution >= 4 is 38.9 Å². The van der Waals surface area contributed by atoms with Crippen molar-refractivity contribution in [3.63, 3.8) is 0 Å². The number of hydrogen-bond donors (Lipinski definition) is 2. The number of benzene rings is 2. The Balaban J connectivity index is 1.78. The molecule has 136 valence electrons. The second kappa shape index (κ2) is 6.80. The molecule has 26 heavy (non-hydrogen) atoms. The number of amides is 2. The highest BCUT2D eigenvalue weighted by Crippen LogP contribution is 2.30. The van der Waals surface area contributed by atoms with Crippen molar-refractivity contribution in [1.29, 1.82) is 0 Å². The minimum absolute atomic E-state index is 0.0234. The lowest BCUT2D eigenvalue weighted by Gasteiger charge is -2.12. The summed E-state index contributed by atoms with van der Waals surface area (Å²) in [7, 11) is -2.08. The average Bonchev–Trinajstić information content (AvgIpc) is 2.88. The van der Waals surface area contributed by atoms with Crippen LogP contribution in [0.5, 0.6) is 0 Å². The third kappa shape index (κ3) is 3.55. The fraction of sp³-hybridized carbons (Fsp3) is 0.222. The summed E-state index contributed by atoms with van der Waals surface area (Å²) in [6.07, 6.45) is 0.602. The van der Waals surface area contributed by atoms with Crippen molar-refractivity contribution < 1.29 is 18.0 Å². The second-order valence-electron chi connectivity index (χ2n) is 6.00. The fourth-order valence-electron chi connectivity index (χ4n) is 2.71. The Kier molecular flexibility index (Phi) is 4.69. The van der Waals surface area contributed by atoms with Gasteiger partial charge in [0, 0.05) is 30.5 Å². The summed E-state index contributed by atoms with van der Waals surface area (Å²) in [6.45, 7) is 1.74. The van der Waals surface area contributed by atoms with Gasteiger partial charge < -0.3 is 10.2 Å². The zero-order valence-electron chi connectivity index (χ0n) is 14.4. The molecule has 2 aromatic rings. The van der Waals surface area contributed by atoms with E-state index in [2.05, 4.69) is 10.0 Å². The summed E-state index contributed by atoms with van der Waals surface area (Å²) in [5, 5.41) is 2.67. The molecule has 0 aliphatic carbocycles. The van der Waals surface area contributed by atoms with Gasteiger partial charge in [-0.1, -0.05) is 6.92 Å². The van der Waals surface area contributed by atoms with Gasteiger partial charge in [0.05, 0.1) is 11.3 Å². The first kappa shape index (κ1) is 17.9. The van der Waals surface area contributed by atoms with E-state index in [9.17, 15) is 18.0 Å². The number of fused-ring (bicyclic) bond motifs is 1. The van der Waals surface area contributed by atoms with E-state index in [-0.39, 0.29) is 23.1 Å². The van der Waals surface area contributed by atoms with Crippen LogP contribution in [0.15, 0.2) is 47.4 Å². The predicted molar refractivity (Wildman–Crippen MR) is 99.7 cm³/mol. The topological polar surface area (TPSA) is 95.6 Å². The number of likely N-dealkylation sites (N-methyl/N-ethyl adjacent to an activating group) is 1. The van der Waals surface area contributed by atoms with Gasteiger partial charge in [0.1, 0.15) is 0 Å². The van der Waals surface area contributed by atoms with Gasteiger partial charge in [-0.25, -0.2) is 8.42 Å². The summed E-state index contributed by atoms with van der Waals surface area (Å²) < 4.78 is 27.6. The third-order valence-electron chi connectivity index (χ3n) is 4.18. The zero-order chi connectivity index (χ0) is 18.9. The summed E-state index contributed by atoms with van der Waals surface area (Å²) in [5.74, 6) is -0.166. The molecule has 2 amide bonds. The summed E-state index contributed by atoms with van der Waals surface area (Å²) in [4.78, 5) is 24.7. The smallest absolute Gasteiger partial charge is 0.261 e. The quantitative estimate of drug-likeness (QED) is 0.841. The Bertz CT molecular complexity index is 968. The Hall–Kier alpha value is -2.87. The van der Waals surface area contributed by atoms with Crippen LogP contribution >= 0.6 is 0 Å². The number of carbonyl (C=O) groups is 2. The number of hydrogen-bond acceptors (Lipinski definition) is 4. The Labute approximate surface area is 152 Å². The van der Waals surface area contributed by atoms with Crippen LogP contribution in [-0.2, 0) is 26.0 Å². The molecule has 0 bridgehead atoms. The lowest BCUT2D eigenvalue weighted by atomic mass is 10.1. The molecule has 0 spiro atoms. The molecular formula is C18H19N3O4S. The van der Waals surface area contributed by atoms with Crippen LogP contribution in [0, 0.1) is 0 Å². The van der Waals surface area contributed by atoms with Gasteiger partial charge in [-0.05, 0) is 48.0 Å². The van der Waals surface area contributed by atoms with Crippen molar-refractivity contribution in [2.24, 2.45) is 0 Å². The number of sulfonamides is 1. The first-order chi connectivity index (χ1) is 12.3. The average molecular weight is 373 g/mol. The van der Waals surface area contributed by atoms with Gasteiger partial charge in [0.15, 0.2) is 0 Å². The molecule has 7 nitrogen and oxygen atoms in total. The van der Waals surface area contributed by atoms with Crippen molar-refractivity contribution in [3.8, 4) is 0 Å². The molecule has 1 aliphatic heterocycles. The zero-order valence-corrected chi connectivity index (χ0v) is 15.3. The van der Waals surface area contributed by atoms with Crippen LogP contribution < -0.4 is 14.9 Å². The van der Waals surface area contributed by atoms with Crippen LogP contribution in [0.3, 0.4) is 0 Å². The van der Waals surface area contributed by atoms with Crippen LogP contribution in [0.2, 0.25) is 0 Å². The summed E-state index contributed by atoms with van der Waals surface area (Å²) in [5.41, 5.74) is 2.51. The second-order valence-corrected chi connectivity index (χ2v) is 7.69. The molecule has 0 fully saturated rings. The van der Waals surface area contributed by atoms with Gasteiger partial charge in [-0.2, -0.15) is 0 Å². The minimum atomic E-state index is -3.77. The van der Waals surface area contributed by atoms with Crippen molar-refractivity contribution in [2.75, 3.05) is 22.0 Å². The van der Waals surface area contributed by atoms with Crippen molar-refractivity contribution in [1.82, 2.24) is 0 Å². The SMILES string of the molecule is CCC(=O)Nc1ccc(S(=O)(=O)Nc2ccc3c(c2)CC(=O)N3C)cc1. The molecule has 2 aromatic carbocycles. The van der Waals surface area contributed by atoms with E-state index >= 15 is 0 Å². The van der Waals surface area contributed by atoms with E-state index in [4.69, 9.17) is 0 Å². The summed E-state index contributed by atoms with van der Waals surface area (Å²) >= 11 is 0. The number of carbonyl (C=O) groups excluding carboxylic acids is 2. The Morgan fingerprint density at radius 1 is 1.12 bits per heavy atom. The van der Waals surface area contributed by atoms with Crippen LogP contribution in [0.4, 0.5) is 17.1 Å². The van der Waals surface area contributed by atoms with Gasteiger partial charge in [0.25, 0.3) is 10.0 Å². The molecule has 1 aliphatic rings. The highest BCUT2D eigenvalue weighted by Gasteiger charge is 2.24. The Morgan fingerprint density at radius 3 is 2.42 bits per heavy atom. The van der Waals surface area contributed by atoms with Gasteiger partial charge >= 0.3 is 0 Å². The molecule has 0 saturated heterocycles. The molecule has 0 atom stereocenters. The maximum Gasteiger partial charge on any atom is 0.261 e. The van der Waals surface area contributed by atoms with Crippen LogP contribution in [0.1, 0.15) is 18.9 Å². The molecule has 1 heterocycles. The molecule has 0 radical (unpaired) electrons. The largest absolute Gasteiger partial charge is 0.326 e. The normalized spacial score (nSPS) is 13.5. The molecule has 0 unspecified atom stereocenters. The van der Waals surface area contributed by atoms with Gasteiger partial charge in [-0.15, -0.1) is 0 Å². The fourth-order valence-corrected chi connectivity index (χ4v) is 3.76. The molecular weight excluding hydrogens is 354 g/mol. The van der Waals surface area contributed by atoms with Crippen LogP contribution in [-0.4, -0.2) is 27.3 Å². The van der Waals surface area contributed by atoms with Gasteiger partial charge in [-0.3, -0.25) is 14.3 Å². The maximum atomic E-state index is 12.5. The van der Waals surface area contributed by atoms with E-state index < -0.39 is 10.0 Å². The van der Waals surface area contributed by atoms with Crippen LogP contribution in [0.25, 0.3) is 0 Å². The minimum Gasteiger partial charge on any atom is -0.326 e. The number of rotatable bonds is 5. The highest BCUT2D eigenvalue weighted by molar-refractivity contribution is 7.92. The number of nitrogens with zero attached hydrogens (tertiary/aromatic N) is 1. The molecule has 0 aromatic heterocycles. The van der Waals surface area contributed by atoms with E-state index in [1.165, 1.54) is 12.1 Å². The molecule has 0 saturated carbocycles. The molecule has 3 rings (SSSR count). The standard InChI is InChI=1S/C18H19N3O4S/c1-3-17(22)19-13-4-7-15(8-5-13)26(24,25)20-14-6-9-16-12(10-14)11-18(23)21(16)2/h4-10,20H,3,11H2,1-2H3,(H,19,22). The number of anilines is 3. The van der Waals surface area contributed by atoms with E-state index in [0.717, 1.165) is 11.3 Å². The third-order valence-corrected chi connectivity index (χ3v) is 5.58. The van der Waals surface area contributed by atoms with E-state index in [1.54, 1.807) is 49.2 Å². The maximum absolute atomic E-state index is 12.5. The first-order valence-electron chi connectivity index (χ1n) is 8.12. The van der Waals surface area contributed by atoms with Crippen molar-refractivity contribution in [3.05, 3.63) is 48.0 Å². The summed E-state index contributed by atoms with van der Waals surface area (Å²) in [6, 6.07) is 11.0. The molecule has 8 heteroatoms. The predicted octanol–water partition coefficient (Wildman–Crippen LogP) is 2.35. The van der Waals surface area contributed by atoms with E-state index in [0.29, 0.717) is 17.8 Å². The Morgan fingerprint density at radius 2 is 1.77 bits per heavy atom. The van der Waals surface area contributed by atoms with E-state index in [1.807, 2.05) is 0 Å². The lowest BCUT2D eigenvalue weighted by Crippen LogP contribution is -2.20. The number of nitrogens with one attached hydrogen (secondary N) is 2. The van der Waals surface area contributed by atoms with Crippen molar-refractivity contribution in [2.45, 2.75) is 24.7 Å².